The van der Waals surface area contributed by atoms with Crippen LogP contribution in [-0.4, -0.2) is 15.8 Å². The van der Waals surface area contributed by atoms with Crippen molar-refractivity contribution < 1.29 is 10.0 Å². The van der Waals surface area contributed by atoms with Crippen molar-refractivity contribution >= 4 is 18.3 Å². The smallest absolute Gasteiger partial charge is 0.274 e. The average Bonchev–Trinajstić information content (AvgIpc) is 2.25. The summed E-state index contributed by atoms with van der Waals surface area (Å²) in [5.74, 6) is 5.92. The third kappa shape index (κ3) is 2.98. The van der Waals surface area contributed by atoms with E-state index in [1.807, 2.05) is 0 Å². The van der Waals surface area contributed by atoms with Gasteiger partial charge in [-0.1, -0.05) is 11.8 Å². The van der Waals surface area contributed by atoms with E-state index in [0.717, 1.165) is 0 Å². The maximum Gasteiger partial charge on any atom is 0.274 e. The molecule has 0 saturated carbocycles. The number of aliphatic hydroxyl groups is 1. The van der Waals surface area contributed by atoms with Crippen molar-refractivity contribution in [2.24, 2.45) is 0 Å². The van der Waals surface area contributed by atoms with Crippen molar-refractivity contribution in [2.45, 2.75) is 6.61 Å². The van der Waals surface area contributed by atoms with Crippen LogP contribution in [0, 0.1) is 22.0 Å². The summed E-state index contributed by atoms with van der Waals surface area (Å²) >= 11 is 3.92. The lowest BCUT2D eigenvalue weighted by molar-refractivity contribution is -0.385. The van der Waals surface area contributed by atoms with Gasteiger partial charge in [0.15, 0.2) is 0 Å². The number of hydrogen-bond donors (Lipinski definition) is 2. The maximum atomic E-state index is 10.6. The molecule has 0 atom stereocenters. The lowest BCUT2D eigenvalue weighted by atomic mass is 10.1. The van der Waals surface area contributed by atoms with Crippen LogP contribution in [0.1, 0.15) is 11.1 Å². The van der Waals surface area contributed by atoms with E-state index >= 15 is 0 Å². The molecule has 0 amide bonds. The molecule has 1 aromatic rings. The number of thiol groups is 1. The van der Waals surface area contributed by atoms with Crippen LogP contribution < -0.4 is 0 Å². The lowest BCUT2D eigenvalue weighted by Crippen LogP contribution is -1.95. The van der Waals surface area contributed by atoms with E-state index in [4.69, 9.17) is 5.11 Å². The number of rotatable bonds is 2. The summed E-state index contributed by atoms with van der Waals surface area (Å²) in [4.78, 5) is 10.0. The zero-order chi connectivity index (χ0) is 11.3. The Morgan fingerprint density at radius 3 is 2.80 bits per heavy atom. The molecule has 5 heteroatoms. The number of nitrogens with zero attached hydrogens (tertiary/aromatic N) is 1. The Balaban J connectivity index is 3.13. The molecule has 0 spiro atoms. The topological polar surface area (TPSA) is 63.4 Å². The molecule has 0 saturated heterocycles. The van der Waals surface area contributed by atoms with Crippen molar-refractivity contribution in [1.29, 1.82) is 0 Å². The van der Waals surface area contributed by atoms with E-state index in [1.54, 1.807) is 6.07 Å². The molecule has 78 valence electrons. The van der Waals surface area contributed by atoms with Crippen molar-refractivity contribution in [3.05, 3.63) is 39.4 Å². The summed E-state index contributed by atoms with van der Waals surface area (Å²) in [6.07, 6.45) is 0. The van der Waals surface area contributed by atoms with E-state index in [2.05, 4.69) is 24.5 Å². The van der Waals surface area contributed by atoms with Gasteiger partial charge in [0.25, 0.3) is 5.69 Å². The van der Waals surface area contributed by atoms with Gasteiger partial charge in [0.05, 0.1) is 22.8 Å². The van der Waals surface area contributed by atoms with Gasteiger partial charge in [0.2, 0.25) is 0 Å². The highest BCUT2D eigenvalue weighted by atomic mass is 32.1. The fourth-order valence-corrected chi connectivity index (χ4v) is 1.19. The monoisotopic (exact) mass is 223 g/mol. The van der Waals surface area contributed by atoms with Crippen LogP contribution >= 0.6 is 12.6 Å². The van der Waals surface area contributed by atoms with Crippen molar-refractivity contribution in [3.8, 4) is 11.8 Å². The van der Waals surface area contributed by atoms with Gasteiger partial charge in [-0.15, -0.1) is 0 Å². The molecule has 0 aliphatic carbocycles. The molecule has 1 rings (SSSR count). The molecule has 0 radical (unpaired) electrons. The predicted molar refractivity (Wildman–Crippen MR) is 59.8 cm³/mol. The van der Waals surface area contributed by atoms with Gasteiger partial charge in [-0.25, -0.2) is 0 Å². The van der Waals surface area contributed by atoms with Crippen LogP contribution in [-0.2, 0) is 6.61 Å². The van der Waals surface area contributed by atoms with Crippen molar-refractivity contribution in [2.75, 3.05) is 5.75 Å². The molecule has 0 aliphatic heterocycles. The molecule has 0 aromatic heterocycles. The van der Waals surface area contributed by atoms with Crippen LogP contribution in [0.15, 0.2) is 18.2 Å². The maximum absolute atomic E-state index is 10.6. The molecule has 0 bridgehead atoms. The molecule has 1 aromatic carbocycles. The van der Waals surface area contributed by atoms with Gasteiger partial charge in [-0.3, -0.25) is 10.1 Å². The van der Waals surface area contributed by atoms with Crippen LogP contribution in [0.4, 0.5) is 5.69 Å². The van der Waals surface area contributed by atoms with Crippen molar-refractivity contribution in [1.82, 2.24) is 0 Å². The third-order valence-corrected chi connectivity index (χ3v) is 1.92. The average molecular weight is 223 g/mol. The normalized spacial score (nSPS) is 9.20. The minimum atomic E-state index is -0.526. The summed E-state index contributed by atoms with van der Waals surface area (Å²) < 4.78 is 0. The van der Waals surface area contributed by atoms with Gasteiger partial charge in [0, 0.05) is 11.6 Å². The number of hydrogen-bond acceptors (Lipinski definition) is 4. The Bertz CT molecular complexity index is 434. The summed E-state index contributed by atoms with van der Waals surface area (Å²) in [5.41, 5.74) is 0.818. The van der Waals surface area contributed by atoms with E-state index in [0.29, 0.717) is 11.3 Å². The first-order valence-electron chi connectivity index (χ1n) is 4.17. The fraction of sp³-hybridized carbons (Fsp3) is 0.200. The number of benzene rings is 1. The minimum Gasteiger partial charge on any atom is -0.391 e. The molecule has 0 heterocycles. The zero-order valence-corrected chi connectivity index (χ0v) is 8.70. The highest BCUT2D eigenvalue weighted by Crippen LogP contribution is 2.19. The van der Waals surface area contributed by atoms with Gasteiger partial charge in [-0.2, -0.15) is 12.6 Å². The number of nitro groups is 1. The Labute approximate surface area is 92.5 Å². The Morgan fingerprint density at radius 1 is 1.53 bits per heavy atom. The predicted octanol–water partition coefficient (Wildman–Crippen LogP) is 1.37. The molecular weight excluding hydrogens is 214 g/mol. The molecule has 4 nitrogen and oxygen atoms in total. The molecule has 0 aliphatic rings. The first-order valence-corrected chi connectivity index (χ1v) is 4.80. The zero-order valence-electron chi connectivity index (χ0n) is 7.80. The van der Waals surface area contributed by atoms with Crippen LogP contribution in [0.5, 0.6) is 0 Å². The second-order valence-corrected chi connectivity index (χ2v) is 3.03. The van der Waals surface area contributed by atoms with Gasteiger partial charge in [0.1, 0.15) is 0 Å². The summed E-state index contributed by atoms with van der Waals surface area (Å²) in [7, 11) is 0. The largest absolute Gasteiger partial charge is 0.391 e. The van der Waals surface area contributed by atoms with Crippen LogP contribution in [0.25, 0.3) is 0 Å². The summed E-state index contributed by atoms with van der Waals surface area (Å²) in [6.45, 7) is -0.368. The summed E-state index contributed by atoms with van der Waals surface area (Å²) in [6, 6.07) is 4.40. The molecule has 15 heavy (non-hydrogen) atoms. The van der Waals surface area contributed by atoms with E-state index in [1.165, 1.54) is 12.1 Å². The SMILES string of the molecule is O=[N+]([O-])c1ccc(C#CCS)cc1CO. The Kier molecular flexibility index (Phi) is 4.16. The van der Waals surface area contributed by atoms with Gasteiger partial charge >= 0.3 is 0 Å². The number of aliphatic hydroxyl groups excluding tert-OH is 1. The molecular formula is C10H9NO3S. The second-order valence-electron chi connectivity index (χ2n) is 2.72. The first-order chi connectivity index (χ1) is 7.19. The van der Waals surface area contributed by atoms with Crippen LogP contribution in [0.3, 0.4) is 0 Å². The lowest BCUT2D eigenvalue weighted by Gasteiger charge is -1.99. The van der Waals surface area contributed by atoms with Crippen LogP contribution in [0.2, 0.25) is 0 Å². The fourth-order valence-electron chi connectivity index (χ4n) is 1.11. The van der Waals surface area contributed by atoms with E-state index < -0.39 is 4.92 Å². The quantitative estimate of drug-likeness (QED) is 0.344. The summed E-state index contributed by atoms with van der Waals surface area (Å²) in [5, 5.41) is 19.5. The molecule has 0 fully saturated rings. The van der Waals surface area contributed by atoms with Gasteiger partial charge in [-0.05, 0) is 12.1 Å². The Hall–Kier alpha value is -1.51. The Morgan fingerprint density at radius 2 is 2.27 bits per heavy atom. The first kappa shape index (κ1) is 11.6. The number of nitro benzene ring substituents is 1. The standard InChI is InChI=1S/C10H9NO3S/c12-7-9-6-8(2-1-5-15)3-4-10(9)11(13)14/h3-4,6,12,15H,5,7H2. The molecule has 0 unspecified atom stereocenters. The molecule has 1 N–H and O–H groups in total. The van der Waals surface area contributed by atoms with Crippen molar-refractivity contribution in [3.63, 3.8) is 0 Å². The van der Waals surface area contributed by atoms with E-state index in [9.17, 15) is 10.1 Å². The van der Waals surface area contributed by atoms with E-state index in [-0.39, 0.29) is 17.9 Å². The highest BCUT2D eigenvalue weighted by molar-refractivity contribution is 7.80. The minimum absolute atomic E-state index is 0.0890. The second kappa shape index (κ2) is 5.39. The van der Waals surface area contributed by atoms with Gasteiger partial charge < -0.3 is 5.11 Å². The third-order valence-electron chi connectivity index (χ3n) is 1.76. The highest BCUT2D eigenvalue weighted by Gasteiger charge is 2.12.